The van der Waals surface area contributed by atoms with E-state index in [9.17, 15) is 22.7 Å². The third-order valence-electron chi connectivity index (χ3n) is 4.66. The minimum atomic E-state index is -3.92. The first-order valence-corrected chi connectivity index (χ1v) is 12.0. The number of nitrogens with zero attached hydrogens (tertiary/aromatic N) is 1. The van der Waals surface area contributed by atoms with Crippen LogP contribution in [0.2, 0.25) is 0 Å². The molecule has 4 aromatic rings. The number of para-hydroxylation sites is 2. The van der Waals surface area contributed by atoms with E-state index >= 15 is 0 Å². The third-order valence-corrected chi connectivity index (χ3v) is 7.70. The quantitative estimate of drug-likeness (QED) is 0.171. The maximum atomic E-state index is 13.8. The predicted molar refractivity (Wildman–Crippen MR) is 123 cm³/mol. The highest BCUT2D eigenvalue weighted by molar-refractivity contribution is 7.91. The molecule has 4 rings (SSSR count). The largest absolute Gasteiger partial charge is 0.506 e. The molecule has 0 fully saturated rings. The number of benzene rings is 2. The minimum absolute atomic E-state index is 0.0257. The van der Waals surface area contributed by atoms with Crippen LogP contribution in [0.15, 0.2) is 64.9 Å². The molecule has 4 N–H and O–H groups in total. The Morgan fingerprint density at radius 2 is 1.91 bits per heavy atom. The zero-order valence-corrected chi connectivity index (χ0v) is 18.6. The van der Waals surface area contributed by atoms with Crippen LogP contribution in [0.1, 0.15) is 21.1 Å². The molecule has 0 aliphatic carbocycles. The van der Waals surface area contributed by atoms with Gasteiger partial charge in [-0.1, -0.05) is 24.3 Å². The Hall–Kier alpha value is -3.38. The van der Waals surface area contributed by atoms with Crippen molar-refractivity contribution >= 4 is 49.5 Å². The number of carbonyl (C=O) groups is 1. The number of aliphatic hydroxyl groups excluding tert-OH is 2. The summed E-state index contributed by atoms with van der Waals surface area (Å²) in [5, 5.41) is 19.8. The Morgan fingerprint density at radius 3 is 2.64 bits per heavy atom. The number of rotatable bonds is 8. The fourth-order valence-electron chi connectivity index (χ4n) is 3.14. The Labute approximate surface area is 192 Å². The number of fused-ring (bicyclic) bond motifs is 1. The number of aromatic nitrogens is 2. The molecule has 0 saturated carbocycles. The molecule has 2 heterocycles. The molecular formula is C22H18FN3O5S2. The standard InChI is InChI=1S/C22H18FN3O5S2/c23-14-5-3-4-13(12-14)20(28)19(22-25-15-6-1-2-7-16(15)26-22)21(29)17-8-9-18(32-17)33(30,31)24-10-11-27/h1-9,12,24,27-28H,10-11H2,(H,25,26). The molecule has 11 heteroatoms. The van der Waals surface area contributed by atoms with E-state index in [1.54, 1.807) is 24.3 Å². The molecule has 33 heavy (non-hydrogen) atoms. The van der Waals surface area contributed by atoms with Crippen molar-refractivity contribution in [3.05, 3.63) is 82.7 Å². The highest BCUT2D eigenvalue weighted by Gasteiger charge is 2.27. The van der Waals surface area contributed by atoms with E-state index in [1.807, 2.05) is 0 Å². The Morgan fingerprint density at radius 1 is 1.12 bits per heavy atom. The van der Waals surface area contributed by atoms with Crippen LogP contribution in [0.25, 0.3) is 22.4 Å². The van der Waals surface area contributed by atoms with Gasteiger partial charge in [0.25, 0.3) is 0 Å². The molecule has 0 unspecified atom stereocenters. The molecule has 0 spiro atoms. The first kappa shape index (κ1) is 22.8. The number of aliphatic hydroxyl groups is 2. The van der Waals surface area contributed by atoms with Gasteiger partial charge in [-0.2, -0.15) is 0 Å². The number of hydrogen-bond donors (Lipinski definition) is 4. The zero-order chi connectivity index (χ0) is 23.6. The fourth-order valence-corrected chi connectivity index (χ4v) is 5.46. The van der Waals surface area contributed by atoms with Crippen LogP contribution in [0.5, 0.6) is 0 Å². The van der Waals surface area contributed by atoms with Crippen LogP contribution in [0.3, 0.4) is 0 Å². The second-order valence-corrected chi connectivity index (χ2v) is 9.98. The van der Waals surface area contributed by atoms with Gasteiger partial charge in [0.15, 0.2) is 0 Å². The monoisotopic (exact) mass is 487 g/mol. The lowest BCUT2D eigenvalue weighted by Gasteiger charge is -2.08. The van der Waals surface area contributed by atoms with E-state index < -0.39 is 27.4 Å². The van der Waals surface area contributed by atoms with Crippen LogP contribution < -0.4 is 4.72 Å². The summed E-state index contributed by atoms with van der Waals surface area (Å²) in [5.74, 6) is -1.74. The molecule has 170 valence electrons. The number of aromatic amines is 1. The van der Waals surface area contributed by atoms with Gasteiger partial charge in [-0.3, -0.25) is 4.79 Å². The van der Waals surface area contributed by atoms with Crippen LogP contribution in [0.4, 0.5) is 4.39 Å². The van der Waals surface area contributed by atoms with Gasteiger partial charge >= 0.3 is 0 Å². The number of Topliss-reactive ketones (excluding diaryl/α,β-unsaturated/α-hetero) is 1. The summed E-state index contributed by atoms with van der Waals surface area (Å²) in [6.45, 7) is -0.551. The summed E-state index contributed by atoms with van der Waals surface area (Å²) in [7, 11) is -3.92. The first-order chi connectivity index (χ1) is 15.8. The molecule has 0 radical (unpaired) electrons. The molecule has 0 saturated heterocycles. The van der Waals surface area contributed by atoms with Crippen molar-refractivity contribution in [2.75, 3.05) is 13.2 Å². The maximum absolute atomic E-state index is 13.8. The lowest BCUT2D eigenvalue weighted by molar-refractivity contribution is 0.105. The van der Waals surface area contributed by atoms with Gasteiger partial charge in [0.2, 0.25) is 15.8 Å². The van der Waals surface area contributed by atoms with Gasteiger partial charge < -0.3 is 15.2 Å². The number of sulfonamides is 1. The normalized spacial score (nSPS) is 12.7. The number of hydrogen-bond acceptors (Lipinski definition) is 7. The van der Waals surface area contributed by atoms with Gasteiger partial charge in [0.1, 0.15) is 27.2 Å². The summed E-state index contributed by atoms with van der Waals surface area (Å²) < 4.78 is 40.5. The van der Waals surface area contributed by atoms with Crippen molar-refractivity contribution in [3.8, 4) is 0 Å². The number of halogens is 1. The van der Waals surface area contributed by atoms with E-state index in [-0.39, 0.29) is 39.2 Å². The smallest absolute Gasteiger partial charge is 0.250 e. The SMILES string of the molecule is O=C(C(=C(O)c1cccc(F)c1)c1nc2ccccc2[nH]1)c1ccc(S(=O)(=O)NCCO)s1. The van der Waals surface area contributed by atoms with Gasteiger partial charge in [-0.05, 0) is 36.4 Å². The average Bonchev–Trinajstić information content (AvgIpc) is 3.45. The number of thiophene rings is 1. The number of nitrogens with one attached hydrogen (secondary N) is 2. The van der Waals surface area contributed by atoms with E-state index in [0.717, 1.165) is 6.07 Å². The number of H-pyrrole nitrogens is 1. The Kier molecular flexibility index (Phi) is 6.38. The second kappa shape index (κ2) is 9.24. The fraction of sp³-hybridized carbons (Fsp3) is 0.0909. The van der Waals surface area contributed by atoms with Gasteiger partial charge in [0.05, 0.1) is 22.5 Å². The summed E-state index contributed by atoms with van der Waals surface area (Å²) in [6.07, 6.45) is 0. The lowest BCUT2D eigenvalue weighted by Crippen LogP contribution is -2.25. The van der Waals surface area contributed by atoms with Crippen LogP contribution in [-0.2, 0) is 10.0 Å². The summed E-state index contributed by atoms with van der Waals surface area (Å²) in [5.41, 5.74) is 0.999. The number of imidazole rings is 1. The molecule has 2 aromatic heterocycles. The summed E-state index contributed by atoms with van der Waals surface area (Å²) >= 11 is 0.701. The van der Waals surface area contributed by atoms with Gasteiger partial charge in [0, 0.05) is 12.1 Å². The third kappa shape index (κ3) is 4.71. The topological polar surface area (TPSA) is 132 Å². The van der Waals surface area contributed by atoms with Crippen molar-refractivity contribution in [1.29, 1.82) is 0 Å². The van der Waals surface area contributed by atoms with Crippen molar-refractivity contribution < 1.29 is 27.8 Å². The zero-order valence-electron chi connectivity index (χ0n) is 16.9. The van der Waals surface area contributed by atoms with Crippen molar-refractivity contribution in [3.63, 3.8) is 0 Å². The summed E-state index contributed by atoms with van der Waals surface area (Å²) in [4.78, 5) is 20.8. The molecule has 8 nitrogen and oxygen atoms in total. The number of allylic oxidation sites excluding steroid dienone is 1. The Balaban J connectivity index is 1.84. The molecule has 0 aliphatic heterocycles. The van der Waals surface area contributed by atoms with Crippen LogP contribution >= 0.6 is 11.3 Å². The molecular weight excluding hydrogens is 469 g/mol. The maximum Gasteiger partial charge on any atom is 0.250 e. The van der Waals surface area contributed by atoms with Crippen LogP contribution in [-0.4, -0.2) is 47.5 Å². The number of ketones is 1. The van der Waals surface area contributed by atoms with Crippen molar-refractivity contribution in [1.82, 2.24) is 14.7 Å². The highest BCUT2D eigenvalue weighted by Crippen LogP contribution is 2.31. The Bertz CT molecular complexity index is 1440. The second-order valence-electron chi connectivity index (χ2n) is 6.91. The lowest BCUT2D eigenvalue weighted by atomic mass is 10.0. The predicted octanol–water partition coefficient (Wildman–Crippen LogP) is 3.34. The molecule has 0 bridgehead atoms. The first-order valence-electron chi connectivity index (χ1n) is 9.69. The van der Waals surface area contributed by atoms with Crippen molar-refractivity contribution in [2.45, 2.75) is 4.21 Å². The van der Waals surface area contributed by atoms with E-state index in [4.69, 9.17) is 5.11 Å². The molecule has 0 atom stereocenters. The minimum Gasteiger partial charge on any atom is -0.506 e. The van der Waals surface area contributed by atoms with E-state index in [0.29, 0.717) is 22.4 Å². The molecule has 0 amide bonds. The van der Waals surface area contributed by atoms with E-state index in [1.165, 1.54) is 30.3 Å². The van der Waals surface area contributed by atoms with Crippen molar-refractivity contribution in [2.24, 2.45) is 0 Å². The van der Waals surface area contributed by atoms with Gasteiger partial charge in [-0.25, -0.2) is 22.5 Å². The molecule has 2 aromatic carbocycles. The summed E-state index contributed by atoms with van der Waals surface area (Å²) in [6, 6.07) is 14.7. The molecule has 0 aliphatic rings. The average molecular weight is 488 g/mol. The van der Waals surface area contributed by atoms with E-state index in [2.05, 4.69) is 14.7 Å². The number of carbonyl (C=O) groups excluding carboxylic acids is 1. The highest BCUT2D eigenvalue weighted by atomic mass is 32.2. The van der Waals surface area contributed by atoms with Gasteiger partial charge in [-0.15, -0.1) is 11.3 Å². The van der Waals surface area contributed by atoms with Crippen LogP contribution in [0, 0.1) is 5.82 Å².